The number of ether oxygens (including phenoxy) is 1. The number of nitrogens with zero attached hydrogens (tertiary/aromatic N) is 3. The van der Waals surface area contributed by atoms with Crippen molar-refractivity contribution in [3.05, 3.63) is 60.0 Å². The predicted molar refractivity (Wildman–Crippen MR) is 139 cm³/mol. The number of halogens is 1. The van der Waals surface area contributed by atoms with Crippen molar-refractivity contribution in [1.29, 1.82) is 0 Å². The van der Waals surface area contributed by atoms with Gasteiger partial charge < -0.3 is 15.4 Å². The summed E-state index contributed by atoms with van der Waals surface area (Å²) in [7, 11) is -4.31. The molecule has 1 aliphatic heterocycles. The molecule has 0 unspecified atom stereocenters. The number of hydrogen-bond acceptors (Lipinski definition) is 8. The molecule has 3 heterocycles. The third kappa shape index (κ3) is 5.22. The van der Waals surface area contributed by atoms with E-state index in [-0.39, 0.29) is 38.9 Å². The van der Waals surface area contributed by atoms with Crippen LogP contribution in [0.2, 0.25) is 0 Å². The summed E-state index contributed by atoms with van der Waals surface area (Å²) in [5.41, 5.74) is 5.81. The summed E-state index contributed by atoms with van der Waals surface area (Å²) in [6.45, 7) is 8.84. The van der Waals surface area contributed by atoms with E-state index < -0.39 is 21.7 Å². The predicted octanol–water partition coefficient (Wildman–Crippen LogP) is 4.01. The van der Waals surface area contributed by atoms with Crippen molar-refractivity contribution in [3.8, 4) is 17.0 Å². The highest BCUT2D eigenvalue weighted by Gasteiger charge is 2.39. The number of rotatable bonds is 7. The summed E-state index contributed by atoms with van der Waals surface area (Å²) in [6, 6.07) is 10.1. The van der Waals surface area contributed by atoms with E-state index in [9.17, 15) is 17.6 Å². The van der Waals surface area contributed by atoms with Crippen LogP contribution in [-0.2, 0) is 10.0 Å². The van der Waals surface area contributed by atoms with E-state index >= 15 is 0 Å². The summed E-state index contributed by atoms with van der Waals surface area (Å²) < 4.78 is 48.6. The minimum atomic E-state index is -4.31. The third-order valence-corrected chi connectivity index (χ3v) is 7.67. The number of nitrogens with one attached hydrogen (secondary N) is 1. The van der Waals surface area contributed by atoms with Crippen LogP contribution in [0.4, 0.5) is 16.0 Å². The van der Waals surface area contributed by atoms with Gasteiger partial charge in [-0.3, -0.25) is 4.79 Å². The van der Waals surface area contributed by atoms with Gasteiger partial charge in [0, 0.05) is 18.3 Å². The summed E-state index contributed by atoms with van der Waals surface area (Å²) >= 11 is 0. The van der Waals surface area contributed by atoms with E-state index in [1.807, 2.05) is 18.7 Å². The Morgan fingerprint density at radius 2 is 2.00 bits per heavy atom. The summed E-state index contributed by atoms with van der Waals surface area (Å²) in [6.07, 6.45) is 2.18. The average molecular weight is 528 g/mol. The molecule has 9 nitrogen and oxygen atoms in total. The maximum absolute atomic E-state index is 15.0. The zero-order valence-corrected chi connectivity index (χ0v) is 22.0. The molecule has 0 spiro atoms. The number of aromatic nitrogens is 2. The van der Waals surface area contributed by atoms with Crippen molar-refractivity contribution in [3.63, 3.8) is 0 Å². The number of hydrogen-bond donors (Lipinski definition) is 2. The molecular weight excluding hydrogens is 497 g/mol. The van der Waals surface area contributed by atoms with Crippen LogP contribution in [0.25, 0.3) is 11.3 Å². The average Bonchev–Trinajstić information content (AvgIpc) is 3.10. The summed E-state index contributed by atoms with van der Waals surface area (Å²) in [5, 5.41) is 0. The first-order chi connectivity index (χ1) is 17.4. The molecule has 0 bridgehead atoms. The number of carbonyl (C=O) groups is 1. The highest BCUT2D eigenvalue weighted by atomic mass is 32.2. The molecule has 196 valence electrons. The maximum Gasteiger partial charge on any atom is 0.268 e. The number of sulfonamides is 1. The molecule has 1 fully saturated rings. The van der Waals surface area contributed by atoms with Gasteiger partial charge in [-0.05, 0) is 69.5 Å². The van der Waals surface area contributed by atoms with Crippen LogP contribution in [0.3, 0.4) is 0 Å². The number of anilines is 2. The highest BCUT2D eigenvalue weighted by Crippen LogP contribution is 2.40. The van der Waals surface area contributed by atoms with Crippen molar-refractivity contribution in [2.24, 2.45) is 5.92 Å². The van der Waals surface area contributed by atoms with Gasteiger partial charge in [-0.25, -0.2) is 27.5 Å². The quantitative estimate of drug-likeness (QED) is 0.472. The van der Waals surface area contributed by atoms with E-state index in [2.05, 4.69) is 16.6 Å². The van der Waals surface area contributed by atoms with Gasteiger partial charge in [0.25, 0.3) is 15.9 Å². The Labute approximate surface area is 215 Å². The van der Waals surface area contributed by atoms with Crippen LogP contribution < -0.4 is 20.1 Å². The van der Waals surface area contributed by atoms with Crippen molar-refractivity contribution < 1.29 is 22.3 Å². The molecular formula is C26H30FN5O4S. The molecule has 1 saturated heterocycles. The van der Waals surface area contributed by atoms with Crippen LogP contribution in [0, 0.1) is 11.7 Å². The smallest absolute Gasteiger partial charge is 0.268 e. The molecule has 0 saturated carbocycles. The van der Waals surface area contributed by atoms with Gasteiger partial charge in [-0.1, -0.05) is 13.0 Å². The Hall–Kier alpha value is -3.73. The number of benzene rings is 1. The Balaban J connectivity index is 1.83. The zero-order valence-electron chi connectivity index (χ0n) is 21.2. The topological polar surface area (TPSA) is 128 Å². The van der Waals surface area contributed by atoms with E-state index in [4.69, 9.17) is 15.5 Å². The van der Waals surface area contributed by atoms with E-state index in [1.54, 1.807) is 19.1 Å². The number of nitrogens with two attached hydrogens (primary N) is 1. The second kappa shape index (κ2) is 9.97. The lowest BCUT2D eigenvalue weighted by atomic mass is 9.97. The second-order valence-corrected chi connectivity index (χ2v) is 11.3. The fourth-order valence-corrected chi connectivity index (χ4v) is 5.87. The molecule has 0 radical (unpaired) electrons. The molecule has 0 aliphatic carbocycles. The first-order valence-corrected chi connectivity index (χ1v) is 13.4. The first kappa shape index (κ1) is 26.3. The molecule has 37 heavy (non-hydrogen) atoms. The number of pyridine rings is 2. The van der Waals surface area contributed by atoms with Gasteiger partial charge in [0.05, 0.1) is 23.4 Å². The Morgan fingerprint density at radius 3 is 2.65 bits per heavy atom. The molecule has 1 aliphatic rings. The normalized spacial score (nSPS) is 17.0. The van der Waals surface area contributed by atoms with Crippen LogP contribution in [0.15, 0.2) is 53.6 Å². The molecule has 1 aromatic carbocycles. The number of amides is 1. The fourth-order valence-electron chi connectivity index (χ4n) is 4.82. The van der Waals surface area contributed by atoms with Crippen molar-refractivity contribution >= 4 is 27.6 Å². The van der Waals surface area contributed by atoms with E-state index in [0.29, 0.717) is 24.8 Å². The van der Waals surface area contributed by atoms with Crippen LogP contribution in [0.1, 0.15) is 44.5 Å². The summed E-state index contributed by atoms with van der Waals surface area (Å²) in [4.78, 5) is 23.5. The van der Waals surface area contributed by atoms with E-state index in [0.717, 1.165) is 6.42 Å². The third-order valence-electron chi connectivity index (χ3n) is 6.30. The van der Waals surface area contributed by atoms with Crippen molar-refractivity contribution in [2.75, 3.05) is 23.8 Å². The van der Waals surface area contributed by atoms with Gasteiger partial charge in [-0.15, -0.1) is 0 Å². The van der Waals surface area contributed by atoms with Crippen LogP contribution >= 0.6 is 0 Å². The Kier molecular flexibility index (Phi) is 7.09. The van der Waals surface area contributed by atoms with Crippen molar-refractivity contribution in [2.45, 2.75) is 44.6 Å². The number of nitrogen functional groups attached to an aromatic ring is 1. The molecule has 3 aromatic rings. The second-order valence-electron chi connectivity index (χ2n) is 9.67. The fraction of sp³-hybridized carbons (Fsp3) is 0.346. The molecule has 3 N–H and O–H groups in total. The molecule has 2 aromatic heterocycles. The Bertz CT molecular complexity index is 1440. The largest absolute Gasteiger partial charge is 0.493 e. The lowest BCUT2D eigenvalue weighted by Crippen LogP contribution is -2.41. The highest BCUT2D eigenvalue weighted by molar-refractivity contribution is 7.90. The molecule has 4 rings (SSSR count). The first-order valence-electron chi connectivity index (χ1n) is 11.9. The zero-order chi connectivity index (χ0) is 27.0. The van der Waals surface area contributed by atoms with E-state index in [1.165, 1.54) is 36.5 Å². The maximum atomic E-state index is 15.0. The monoisotopic (exact) mass is 527 g/mol. The lowest BCUT2D eigenvalue weighted by Gasteiger charge is -2.34. The molecule has 1 amide bonds. The Morgan fingerprint density at radius 1 is 1.24 bits per heavy atom. The van der Waals surface area contributed by atoms with Crippen LogP contribution in [-0.4, -0.2) is 43.0 Å². The minimum Gasteiger partial charge on any atom is -0.493 e. The standard InChI is InChI=1S/C26H30FN5O4S/c1-5-36-20-9-6-8-18(27)22(20)19-12-11-17(24(30-19)32-15-16(2)14-26(32,3)4)25(33)31-37(34,35)21-10-7-13-29-23(21)28/h6-13,16H,5,14-15H2,1-4H3,(H2,28,29)(H,31,33)/t16-/m0/s1. The van der Waals surface area contributed by atoms with Gasteiger partial charge in [0.2, 0.25) is 0 Å². The van der Waals surface area contributed by atoms with Gasteiger partial charge in [-0.2, -0.15) is 0 Å². The lowest BCUT2D eigenvalue weighted by molar-refractivity contribution is 0.0981. The van der Waals surface area contributed by atoms with Gasteiger partial charge in [0.15, 0.2) is 0 Å². The number of carbonyl (C=O) groups excluding carboxylic acids is 1. The molecule has 1 atom stereocenters. The van der Waals surface area contributed by atoms with Crippen molar-refractivity contribution in [1.82, 2.24) is 14.7 Å². The van der Waals surface area contributed by atoms with Gasteiger partial charge >= 0.3 is 0 Å². The molecule has 11 heteroatoms. The minimum absolute atomic E-state index is 0.0336. The van der Waals surface area contributed by atoms with Gasteiger partial charge in [0.1, 0.15) is 28.1 Å². The van der Waals surface area contributed by atoms with Crippen LogP contribution in [0.5, 0.6) is 5.75 Å². The summed E-state index contributed by atoms with van der Waals surface area (Å²) in [5.74, 6) is -0.764. The SMILES string of the molecule is CCOc1cccc(F)c1-c1ccc(C(=O)NS(=O)(=O)c2cccnc2N)c(N2C[C@@H](C)CC2(C)C)n1.